The van der Waals surface area contributed by atoms with E-state index in [1.807, 2.05) is 42.5 Å². The highest BCUT2D eigenvalue weighted by Gasteiger charge is 2.48. The van der Waals surface area contributed by atoms with Crippen LogP contribution in [-0.2, 0) is 50.0 Å². The van der Waals surface area contributed by atoms with Gasteiger partial charge in [0.15, 0.2) is 0 Å². The molecule has 0 aromatic heterocycles. The largest absolute Gasteiger partial charge is 0.444 e. The van der Waals surface area contributed by atoms with E-state index in [0.717, 1.165) is 11.1 Å². The van der Waals surface area contributed by atoms with E-state index in [0.29, 0.717) is 56.5 Å². The summed E-state index contributed by atoms with van der Waals surface area (Å²) in [6.45, 7) is 8.53. The molecule has 3 aliphatic heterocycles. The topological polar surface area (TPSA) is 130 Å². The van der Waals surface area contributed by atoms with Crippen LogP contribution >= 0.6 is 0 Å². The number of hydrazine groups is 2. The number of alkyl halides is 12. The zero-order valence-electron chi connectivity index (χ0n) is 40.3. The minimum absolute atomic E-state index is 0.0528. The Morgan fingerprint density at radius 2 is 1.07 bits per heavy atom. The standard InChI is InChI=1S/C27H33F6N3O3.C23H23F6N3O2/c1-17(18-12-20(26(28,29)30)14-21(13-18)27(31,32)33)38-16-25(19-8-6-5-7-9-19)11-10-22(15-36(25)34)35-23(37)39-24(2,3)4;1-14(15-9-17(22(24,25)26)11-18(10-15)23(27,28)29)34-13-21(16-5-3-2-4-6-16)8-7-19-12-32(21)31-20(33)30-19/h5-9,12-14,17,22H,10-11,15-16,34H2,1-4H3,(H,35,37);2-6,9-11,14,19H,7-8,12-13H2,1H3,(H2,30,31,33)/t17-,22-,25-;14-,19-,21-/m11/s1. The highest BCUT2D eigenvalue weighted by molar-refractivity contribution is 5.74. The number of benzene rings is 4. The number of amides is 3. The van der Waals surface area contributed by atoms with Gasteiger partial charge >= 0.3 is 36.8 Å². The Labute approximate surface area is 413 Å². The second-order valence-corrected chi connectivity index (χ2v) is 19.3. The fourth-order valence-corrected chi connectivity index (χ4v) is 9.02. The molecule has 3 saturated heterocycles. The fourth-order valence-electron chi connectivity index (χ4n) is 9.02. The predicted molar refractivity (Wildman–Crippen MR) is 243 cm³/mol. The molecule has 4 aromatic carbocycles. The van der Waals surface area contributed by atoms with Crippen LogP contribution in [-0.4, -0.2) is 66.1 Å². The van der Waals surface area contributed by atoms with Crippen molar-refractivity contribution in [3.8, 4) is 0 Å². The monoisotopic (exact) mass is 1050 g/mol. The average molecular weight is 1050 g/mol. The first kappa shape index (κ1) is 56.7. The molecule has 400 valence electrons. The molecule has 7 atom stereocenters. The number of nitrogens with zero attached hydrogens (tertiary/aromatic N) is 2. The third-order valence-corrected chi connectivity index (χ3v) is 12.9. The lowest BCUT2D eigenvalue weighted by molar-refractivity contribution is -0.145. The third-order valence-electron chi connectivity index (χ3n) is 12.9. The van der Waals surface area contributed by atoms with Crippen LogP contribution in [0, 0.1) is 0 Å². The molecular weight excluding hydrogens is 993 g/mol. The van der Waals surface area contributed by atoms with Crippen LogP contribution in [0.5, 0.6) is 0 Å². The number of alkyl carbamates (subject to hydrolysis) is 1. The molecular formula is C50H56F12N6O5. The summed E-state index contributed by atoms with van der Waals surface area (Å²) in [6, 6.07) is 20.3. The molecule has 73 heavy (non-hydrogen) atoms. The number of urea groups is 1. The molecule has 0 aliphatic carbocycles. The van der Waals surface area contributed by atoms with Crippen molar-refractivity contribution in [2.24, 2.45) is 5.84 Å². The molecule has 5 N–H and O–H groups in total. The van der Waals surface area contributed by atoms with Gasteiger partial charge in [-0.05, 0) is 119 Å². The Hall–Kier alpha value is -5.62. The second-order valence-electron chi connectivity index (χ2n) is 19.3. The Balaban J connectivity index is 0.000000240. The summed E-state index contributed by atoms with van der Waals surface area (Å²) in [5.41, 5.74) is -4.21. The molecule has 3 amide bonds. The number of halogens is 12. The van der Waals surface area contributed by atoms with Gasteiger partial charge in [0.25, 0.3) is 0 Å². The van der Waals surface area contributed by atoms with E-state index in [4.69, 9.17) is 20.1 Å². The Morgan fingerprint density at radius 1 is 0.658 bits per heavy atom. The summed E-state index contributed by atoms with van der Waals surface area (Å²) >= 11 is 0. The smallest absolute Gasteiger partial charge is 0.416 e. The van der Waals surface area contributed by atoms with Crippen LogP contribution in [0.1, 0.15) is 117 Å². The van der Waals surface area contributed by atoms with Crippen LogP contribution in [0.2, 0.25) is 0 Å². The van der Waals surface area contributed by atoms with Crippen LogP contribution < -0.4 is 21.9 Å². The normalized spacial score (nSPS) is 23.8. The van der Waals surface area contributed by atoms with Crippen molar-refractivity contribution in [2.45, 2.75) is 126 Å². The van der Waals surface area contributed by atoms with Crippen molar-refractivity contribution in [1.29, 1.82) is 0 Å². The van der Waals surface area contributed by atoms with Crippen molar-refractivity contribution >= 4 is 12.1 Å². The van der Waals surface area contributed by atoms with E-state index >= 15 is 0 Å². The summed E-state index contributed by atoms with van der Waals surface area (Å²) in [5, 5.41) is 8.85. The van der Waals surface area contributed by atoms with Crippen molar-refractivity contribution in [3.63, 3.8) is 0 Å². The molecule has 4 aromatic rings. The van der Waals surface area contributed by atoms with Crippen LogP contribution in [0.4, 0.5) is 62.3 Å². The van der Waals surface area contributed by atoms with Crippen LogP contribution in [0.25, 0.3) is 0 Å². The number of rotatable bonds is 11. The van der Waals surface area contributed by atoms with Crippen molar-refractivity contribution < 1.29 is 76.5 Å². The van der Waals surface area contributed by atoms with Gasteiger partial charge in [-0.25, -0.2) is 19.6 Å². The molecule has 2 bridgehead atoms. The second kappa shape index (κ2) is 21.7. The summed E-state index contributed by atoms with van der Waals surface area (Å²) in [7, 11) is 0. The van der Waals surface area contributed by atoms with Gasteiger partial charge in [-0.1, -0.05) is 60.7 Å². The average Bonchev–Trinajstić information content (AvgIpc) is 3.30. The quantitative estimate of drug-likeness (QED) is 0.0863. The van der Waals surface area contributed by atoms with Crippen molar-refractivity contribution in [3.05, 3.63) is 142 Å². The number of hydrogen-bond acceptors (Lipinski definition) is 8. The number of ether oxygens (including phenoxy) is 3. The molecule has 0 radical (unpaired) electrons. The van der Waals surface area contributed by atoms with E-state index in [2.05, 4.69) is 16.1 Å². The number of fused-ring (bicyclic) bond motifs is 2. The summed E-state index contributed by atoms with van der Waals surface area (Å²) < 4.78 is 177. The van der Waals surface area contributed by atoms with Gasteiger partial charge in [-0.2, -0.15) is 52.7 Å². The number of carbonyl (C=O) groups excluding carboxylic acids is 2. The number of piperidine rings is 2. The minimum Gasteiger partial charge on any atom is -0.444 e. The number of nitrogens with one attached hydrogen (secondary N) is 3. The van der Waals surface area contributed by atoms with Crippen molar-refractivity contribution in [2.75, 3.05) is 26.3 Å². The van der Waals surface area contributed by atoms with Gasteiger partial charge in [0.05, 0.1) is 58.8 Å². The molecule has 0 spiro atoms. The van der Waals surface area contributed by atoms with E-state index in [9.17, 15) is 62.3 Å². The summed E-state index contributed by atoms with van der Waals surface area (Å²) in [4.78, 5) is 24.4. The van der Waals surface area contributed by atoms with E-state index < -0.39 is 81.9 Å². The summed E-state index contributed by atoms with van der Waals surface area (Å²) in [6.07, 6.45) is -20.5. The summed E-state index contributed by atoms with van der Waals surface area (Å²) in [5.74, 6) is 6.49. The Morgan fingerprint density at radius 3 is 1.48 bits per heavy atom. The zero-order valence-corrected chi connectivity index (χ0v) is 40.3. The van der Waals surface area contributed by atoms with Gasteiger partial charge in [0, 0.05) is 25.2 Å². The van der Waals surface area contributed by atoms with Crippen LogP contribution in [0.3, 0.4) is 0 Å². The molecule has 1 unspecified atom stereocenters. The minimum atomic E-state index is -4.96. The van der Waals surface area contributed by atoms with E-state index in [-0.39, 0.29) is 61.1 Å². The van der Waals surface area contributed by atoms with Crippen LogP contribution in [0.15, 0.2) is 97.1 Å². The Kier molecular flexibility index (Phi) is 16.8. The molecule has 3 fully saturated rings. The lowest BCUT2D eigenvalue weighted by Gasteiger charge is -2.52. The predicted octanol–water partition coefficient (Wildman–Crippen LogP) is 11.9. The SMILES string of the molecule is C[C@@H](OC[C@@]1(c2ccccc2)CC[C@@H](NC(=O)OC(C)(C)C)CN1N)c1cc(C(F)(F)F)cc(C(F)(F)F)c1.C[C@@H](OC[C@@]1(c2ccccc2)CC[C@@H]2CN1NC(=O)N2)c1cc(C(F)(F)F)cc(C(F)(F)F)c1. The molecule has 0 saturated carbocycles. The molecule has 23 heteroatoms. The lowest BCUT2D eigenvalue weighted by atomic mass is 9.80. The Bertz CT molecular complexity index is 2460. The lowest BCUT2D eigenvalue weighted by Crippen LogP contribution is -2.70. The van der Waals surface area contributed by atoms with Gasteiger partial charge in [0.1, 0.15) is 5.60 Å². The van der Waals surface area contributed by atoms with Gasteiger partial charge in [-0.3, -0.25) is 11.3 Å². The third kappa shape index (κ3) is 14.2. The van der Waals surface area contributed by atoms with Gasteiger partial charge < -0.3 is 24.8 Å². The highest BCUT2D eigenvalue weighted by atomic mass is 19.4. The molecule has 7 rings (SSSR count). The number of nitrogens with two attached hydrogens (primary N) is 1. The number of carbonyl (C=O) groups is 2. The van der Waals surface area contributed by atoms with Gasteiger partial charge in [0.2, 0.25) is 0 Å². The highest BCUT2D eigenvalue weighted by Crippen LogP contribution is 2.43. The first-order valence-electron chi connectivity index (χ1n) is 23.1. The van der Waals surface area contributed by atoms with E-state index in [1.165, 1.54) is 18.9 Å². The maximum absolute atomic E-state index is 13.4. The fraction of sp³-hybridized carbons (Fsp3) is 0.480. The molecule has 3 heterocycles. The van der Waals surface area contributed by atoms with E-state index in [1.54, 1.807) is 44.0 Å². The van der Waals surface area contributed by atoms with Crippen molar-refractivity contribution in [1.82, 2.24) is 26.1 Å². The zero-order chi connectivity index (χ0) is 54.0. The molecule has 11 nitrogen and oxygen atoms in total. The van der Waals surface area contributed by atoms with Gasteiger partial charge in [-0.15, -0.1) is 0 Å². The maximum atomic E-state index is 13.4. The number of hydrogen-bond donors (Lipinski definition) is 4. The maximum Gasteiger partial charge on any atom is 0.416 e. The first-order valence-corrected chi connectivity index (χ1v) is 23.1. The molecule has 3 aliphatic rings. The first-order chi connectivity index (χ1) is 33.8.